The third-order valence-corrected chi connectivity index (χ3v) is 6.63. The van der Waals surface area contributed by atoms with Crippen LogP contribution in [0.15, 0.2) is 28.6 Å². The molecule has 10 heteroatoms. The van der Waals surface area contributed by atoms with E-state index in [0.717, 1.165) is 49.3 Å². The van der Waals surface area contributed by atoms with E-state index in [1.165, 1.54) is 6.20 Å². The second kappa shape index (κ2) is 8.08. The summed E-state index contributed by atoms with van der Waals surface area (Å²) in [5, 5.41) is 5.20. The highest BCUT2D eigenvalue weighted by Crippen LogP contribution is 2.33. The van der Waals surface area contributed by atoms with Crippen molar-refractivity contribution in [2.45, 2.75) is 43.2 Å². The van der Waals surface area contributed by atoms with E-state index in [4.69, 9.17) is 16.3 Å². The second-order valence-electron chi connectivity index (χ2n) is 5.98. The van der Waals surface area contributed by atoms with Crippen LogP contribution in [-0.4, -0.2) is 32.1 Å². The van der Waals surface area contributed by atoms with E-state index in [1.807, 2.05) is 0 Å². The molecule has 26 heavy (non-hydrogen) atoms. The van der Waals surface area contributed by atoms with Gasteiger partial charge in [0.1, 0.15) is 22.6 Å². The predicted molar refractivity (Wildman–Crippen MR) is 100 cm³/mol. The zero-order chi connectivity index (χ0) is 18.7. The highest BCUT2D eigenvalue weighted by molar-refractivity contribution is 7.93. The summed E-state index contributed by atoms with van der Waals surface area (Å²) >= 11 is 7.26. The largest absolute Gasteiger partial charge is 0.489 e. The molecule has 1 aliphatic heterocycles. The number of hydrogen-bond acceptors (Lipinski definition) is 6. The lowest BCUT2D eigenvalue weighted by Crippen LogP contribution is -2.42. The van der Waals surface area contributed by atoms with Crippen LogP contribution in [-0.2, 0) is 10.0 Å². The number of piperidine rings is 1. The van der Waals surface area contributed by atoms with Crippen LogP contribution in [0.4, 0.5) is 9.52 Å². The van der Waals surface area contributed by atoms with Crippen LogP contribution in [0.3, 0.4) is 0 Å². The van der Waals surface area contributed by atoms with Crippen LogP contribution in [0.25, 0.3) is 0 Å². The van der Waals surface area contributed by atoms with Gasteiger partial charge in [0.2, 0.25) is 0 Å². The Labute approximate surface area is 160 Å². The molecule has 1 fully saturated rings. The van der Waals surface area contributed by atoms with Crippen LogP contribution in [0, 0.1) is 5.82 Å². The molecule has 0 spiro atoms. The molecule has 6 nitrogen and oxygen atoms in total. The van der Waals surface area contributed by atoms with Gasteiger partial charge >= 0.3 is 0 Å². The number of thiazole rings is 1. The molecular weight excluding hydrogens is 401 g/mol. The highest BCUT2D eigenvalue weighted by Gasteiger charge is 2.26. The fourth-order valence-electron chi connectivity index (χ4n) is 2.81. The van der Waals surface area contributed by atoms with Crippen molar-refractivity contribution in [3.05, 3.63) is 34.5 Å². The molecule has 2 aromatic rings. The van der Waals surface area contributed by atoms with Crippen LogP contribution >= 0.6 is 22.9 Å². The smallest absolute Gasteiger partial charge is 0.266 e. The monoisotopic (exact) mass is 419 g/mol. The number of ether oxygens (including phenoxy) is 1. The third-order valence-electron chi connectivity index (χ3n) is 4.16. The number of nitrogens with zero attached hydrogens (tertiary/aromatic N) is 1. The SMILES string of the molecule is CC[C@H]1C[C@H](Oc2cc(F)c(S(=O)(=O)Nc3nccs3)cc2Cl)CCN1. The topological polar surface area (TPSA) is 80.3 Å². The normalized spacial score (nSPS) is 20.7. The van der Waals surface area contributed by atoms with Crippen molar-refractivity contribution in [3.8, 4) is 5.75 Å². The fraction of sp³-hybridized carbons (Fsp3) is 0.438. The van der Waals surface area contributed by atoms with Crippen LogP contribution in [0.5, 0.6) is 5.75 Å². The molecule has 0 amide bonds. The molecule has 1 aromatic heterocycles. The number of hydrogen-bond donors (Lipinski definition) is 2. The lowest BCUT2D eigenvalue weighted by atomic mass is 10.00. The maximum Gasteiger partial charge on any atom is 0.266 e. The van der Waals surface area contributed by atoms with Gasteiger partial charge in [0, 0.05) is 23.7 Å². The van der Waals surface area contributed by atoms with Crippen molar-refractivity contribution in [3.63, 3.8) is 0 Å². The summed E-state index contributed by atoms with van der Waals surface area (Å²) in [4.78, 5) is 3.29. The first-order chi connectivity index (χ1) is 12.4. The number of aromatic nitrogens is 1. The van der Waals surface area contributed by atoms with E-state index in [2.05, 4.69) is 21.9 Å². The summed E-state index contributed by atoms with van der Waals surface area (Å²) in [6, 6.07) is 2.45. The fourth-order valence-corrected chi connectivity index (χ4v) is 4.96. The Morgan fingerprint density at radius 1 is 1.50 bits per heavy atom. The zero-order valence-corrected chi connectivity index (χ0v) is 16.4. The quantitative estimate of drug-likeness (QED) is 0.747. The molecule has 0 radical (unpaired) electrons. The summed E-state index contributed by atoms with van der Waals surface area (Å²) in [7, 11) is -4.13. The number of anilines is 1. The molecule has 1 aromatic carbocycles. The van der Waals surface area contributed by atoms with Gasteiger partial charge in [-0.05, 0) is 31.9 Å². The molecular formula is C16H19ClFN3O3S2. The first-order valence-electron chi connectivity index (χ1n) is 8.20. The average Bonchev–Trinajstić information content (AvgIpc) is 3.10. The van der Waals surface area contributed by atoms with Crippen LogP contribution in [0.1, 0.15) is 26.2 Å². The molecule has 0 aliphatic carbocycles. The minimum atomic E-state index is -4.13. The molecule has 0 saturated carbocycles. The number of halogens is 2. The number of nitrogens with one attached hydrogen (secondary N) is 2. The van der Waals surface area contributed by atoms with E-state index in [-0.39, 0.29) is 22.0 Å². The number of benzene rings is 1. The van der Waals surface area contributed by atoms with Gasteiger partial charge in [-0.2, -0.15) is 0 Å². The lowest BCUT2D eigenvalue weighted by Gasteiger charge is -2.30. The molecule has 0 bridgehead atoms. The molecule has 1 saturated heterocycles. The lowest BCUT2D eigenvalue weighted by molar-refractivity contribution is 0.138. The van der Waals surface area contributed by atoms with E-state index in [9.17, 15) is 12.8 Å². The Morgan fingerprint density at radius 3 is 3.00 bits per heavy atom. The van der Waals surface area contributed by atoms with Gasteiger partial charge in [-0.25, -0.2) is 17.8 Å². The van der Waals surface area contributed by atoms with Gasteiger partial charge in [-0.3, -0.25) is 4.72 Å². The van der Waals surface area contributed by atoms with Gasteiger partial charge in [-0.15, -0.1) is 11.3 Å². The van der Waals surface area contributed by atoms with Gasteiger partial charge < -0.3 is 10.1 Å². The van der Waals surface area contributed by atoms with Crippen molar-refractivity contribution in [1.82, 2.24) is 10.3 Å². The van der Waals surface area contributed by atoms with Gasteiger partial charge in [0.25, 0.3) is 10.0 Å². The maximum absolute atomic E-state index is 14.5. The van der Waals surface area contributed by atoms with E-state index in [0.29, 0.717) is 6.04 Å². The Kier molecular flexibility index (Phi) is 6.01. The maximum atomic E-state index is 14.5. The molecule has 1 aliphatic rings. The molecule has 2 atom stereocenters. The molecule has 142 valence electrons. The first kappa shape index (κ1) is 19.3. The second-order valence-corrected chi connectivity index (χ2v) is 8.93. The van der Waals surface area contributed by atoms with Crippen molar-refractivity contribution in [1.29, 1.82) is 0 Å². The highest BCUT2D eigenvalue weighted by atomic mass is 35.5. The van der Waals surface area contributed by atoms with Crippen molar-refractivity contribution < 1.29 is 17.5 Å². The standard InChI is InChI=1S/C16H19ClFN3O3S2/c1-2-10-7-11(3-4-19-10)24-14-9-13(18)15(8-12(14)17)26(22,23)21-16-20-5-6-25-16/h5-6,8-11,19H,2-4,7H2,1H3,(H,20,21)/t10-,11+/m0/s1. The Balaban J connectivity index is 1.80. The minimum Gasteiger partial charge on any atom is -0.489 e. The van der Waals surface area contributed by atoms with Crippen molar-refractivity contribution >= 4 is 38.1 Å². The van der Waals surface area contributed by atoms with Crippen LogP contribution in [0.2, 0.25) is 5.02 Å². The molecule has 2 N–H and O–H groups in total. The molecule has 2 heterocycles. The first-order valence-corrected chi connectivity index (χ1v) is 10.9. The summed E-state index contributed by atoms with van der Waals surface area (Å²) in [5.74, 6) is -0.770. The van der Waals surface area contributed by atoms with Gasteiger partial charge in [-0.1, -0.05) is 18.5 Å². The zero-order valence-electron chi connectivity index (χ0n) is 14.0. The van der Waals surface area contributed by atoms with Gasteiger partial charge in [0.15, 0.2) is 5.13 Å². The van der Waals surface area contributed by atoms with Gasteiger partial charge in [0.05, 0.1) is 5.02 Å². The van der Waals surface area contributed by atoms with E-state index < -0.39 is 20.7 Å². The summed E-state index contributed by atoms with van der Waals surface area (Å²) < 4.78 is 47.3. The Bertz CT molecular complexity index is 862. The number of rotatable bonds is 6. The summed E-state index contributed by atoms with van der Waals surface area (Å²) in [5.41, 5.74) is 0. The van der Waals surface area contributed by atoms with Crippen LogP contribution < -0.4 is 14.8 Å². The summed E-state index contributed by atoms with van der Waals surface area (Å²) in [6.07, 6.45) is 3.90. The van der Waals surface area contributed by atoms with Crippen molar-refractivity contribution in [2.24, 2.45) is 0 Å². The molecule has 0 unspecified atom stereocenters. The number of sulfonamides is 1. The predicted octanol–water partition coefficient (Wildman–Crippen LogP) is 3.65. The van der Waals surface area contributed by atoms with Crippen molar-refractivity contribution in [2.75, 3.05) is 11.3 Å². The third kappa shape index (κ3) is 4.46. The van der Waals surface area contributed by atoms with E-state index >= 15 is 0 Å². The summed E-state index contributed by atoms with van der Waals surface area (Å²) in [6.45, 7) is 2.90. The van der Waals surface area contributed by atoms with E-state index in [1.54, 1.807) is 5.38 Å². The Hall–Kier alpha value is -1.42. The minimum absolute atomic E-state index is 0.0532. The average molecular weight is 420 g/mol. The Morgan fingerprint density at radius 2 is 2.31 bits per heavy atom. The molecule has 3 rings (SSSR count).